The van der Waals surface area contributed by atoms with Gasteiger partial charge in [0.1, 0.15) is 0 Å². The zero-order valence-corrected chi connectivity index (χ0v) is 11.6. The first-order valence-electron chi connectivity index (χ1n) is 6.09. The van der Waals surface area contributed by atoms with E-state index in [1.807, 2.05) is 0 Å². The third-order valence-corrected chi connectivity index (χ3v) is 3.43. The van der Waals surface area contributed by atoms with E-state index in [4.69, 9.17) is 0 Å². The first-order valence-corrected chi connectivity index (χ1v) is 6.09. The molecule has 0 heterocycles. The van der Waals surface area contributed by atoms with Crippen LogP contribution < -0.4 is 0 Å². The van der Waals surface area contributed by atoms with Gasteiger partial charge in [-0.15, -0.1) is 0 Å². The van der Waals surface area contributed by atoms with Gasteiger partial charge in [-0.2, -0.15) is 0 Å². The third kappa shape index (κ3) is 4.48. The monoisotopic (exact) mass is 198 g/mol. The summed E-state index contributed by atoms with van der Waals surface area (Å²) in [7, 11) is 0. The molecule has 0 aliphatic rings. The van der Waals surface area contributed by atoms with Crippen molar-refractivity contribution in [2.75, 3.05) is 0 Å². The third-order valence-electron chi connectivity index (χ3n) is 3.43. The van der Waals surface area contributed by atoms with Gasteiger partial charge in [-0.25, -0.2) is 0 Å². The Hall–Kier alpha value is 0. The van der Waals surface area contributed by atoms with Crippen LogP contribution in [0.25, 0.3) is 0 Å². The molecule has 0 aromatic carbocycles. The molecule has 0 aliphatic heterocycles. The minimum Gasteiger partial charge on any atom is -0.0651 e. The maximum absolute atomic E-state index is 2.38. The van der Waals surface area contributed by atoms with Crippen LogP contribution in [0.15, 0.2) is 0 Å². The Labute approximate surface area is 91.5 Å². The molecule has 14 heavy (non-hydrogen) atoms. The molecule has 0 fully saturated rings. The molecule has 1 unspecified atom stereocenters. The molecule has 0 aromatic heterocycles. The first-order chi connectivity index (χ1) is 6.09. The van der Waals surface area contributed by atoms with Crippen molar-refractivity contribution in [3.05, 3.63) is 0 Å². The van der Waals surface area contributed by atoms with Gasteiger partial charge in [0.25, 0.3) is 0 Å². The lowest BCUT2D eigenvalue weighted by Gasteiger charge is -2.42. The highest BCUT2D eigenvalue weighted by molar-refractivity contribution is 4.84. The second kappa shape index (κ2) is 4.68. The largest absolute Gasteiger partial charge is 0.0651 e. The SMILES string of the molecule is CCC(C)CC(C(C)(C)C)C(C)(C)C. The second-order valence-corrected chi connectivity index (χ2v) is 7.03. The fourth-order valence-electron chi connectivity index (χ4n) is 2.58. The summed E-state index contributed by atoms with van der Waals surface area (Å²) < 4.78 is 0. The van der Waals surface area contributed by atoms with Crippen molar-refractivity contribution in [2.24, 2.45) is 22.7 Å². The van der Waals surface area contributed by atoms with E-state index < -0.39 is 0 Å². The Bertz CT molecular complexity index is 140. The van der Waals surface area contributed by atoms with Gasteiger partial charge < -0.3 is 0 Å². The summed E-state index contributed by atoms with van der Waals surface area (Å²) in [5.74, 6) is 1.67. The van der Waals surface area contributed by atoms with Crippen LogP contribution in [-0.4, -0.2) is 0 Å². The van der Waals surface area contributed by atoms with Gasteiger partial charge in [0, 0.05) is 0 Å². The van der Waals surface area contributed by atoms with E-state index in [1.54, 1.807) is 0 Å². The Kier molecular flexibility index (Phi) is 4.68. The first kappa shape index (κ1) is 14.0. The van der Waals surface area contributed by atoms with Crippen molar-refractivity contribution in [3.8, 4) is 0 Å². The number of hydrogen-bond donors (Lipinski definition) is 0. The Balaban J connectivity index is 4.59. The molecule has 0 aliphatic carbocycles. The lowest BCUT2D eigenvalue weighted by Crippen LogP contribution is -2.33. The topological polar surface area (TPSA) is 0 Å². The summed E-state index contributed by atoms with van der Waals surface area (Å²) in [4.78, 5) is 0. The average molecular weight is 198 g/mol. The van der Waals surface area contributed by atoms with Crippen LogP contribution in [0.3, 0.4) is 0 Å². The van der Waals surface area contributed by atoms with Crippen LogP contribution in [0.2, 0.25) is 0 Å². The van der Waals surface area contributed by atoms with Gasteiger partial charge in [0.2, 0.25) is 0 Å². The van der Waals surface area contributed by atoms with E-state index >= 15 is 0 Å². The maximum atomic E-state index is 2.38. The van der Waals surface area contributed by atoms with Crippen LogP contribution in [0.1, 0.15) is 68.2 Å². The quantitative estimate of drug-likeness (QED) is 0.589. The molecule has 0 N–H and O–H groups in total. The molecule has 0 saturated carbocycles. The molecule has 0 nitrogen and oxygen atoms in total. The van der Waals surface area contributed by atoms with E-state index in [9.17, 15) is 0 Å². The summed E-state index contributed by atoms with van der Waals surface area (Å²) in [5.41, 5.74) is 0.864. The van der Waals surface area contributed by atoms with Crippen molar-refractivity contribution >= 4 is 0 Å². The second-order valence-electron chi connectivity index (χ2n) is 7.03. The van der Waals surface area contributed by atoms with E-state index in [1.165, 1.54) is 12.8 Å². The molecule has 0 amide bonds. The molecule has 0 aromatic rings. The summed E-state index contributed by atoms with van der Waals surface area (Å²) >= 11 is 0. The van der Waals surface area contributed by atoms with Crippen molar-refractivity contribution in [3.63, 3.8) is 0 Å². The highest BCUT2D eigenvalue weighted by Crippen LogP contribution is 2.43. The molecule has 0 radical (unpaired) electrons. The van der Waals surface area contributed by atoms with Gasteiger partial charge in [-0.3, -0.25) is 0 Å². The van der Waals surface area contributed by atoms with Crippen LogP contribution >= 0.6 is 0 Å². The Morgan fingerprint density at radius 3 is 1.43 bits per heavy atom. The molecule has 0 heteroatoms. The Morgan fingerprint density at radius 2 is 1.21 bits per heavy atom. The molecule has 86 valence electrons. The van der Waals surface area contributed by atoms with Crippen LogP contribution in [0.5, 0.6) is 0 Å². The van der Waals surface area contributed by atoms with Crippen molar-refractivity contribution in [1.82, 2.24) is 0 Å². The predicted molar refractivity (Wildman–Crippen MR) is 66.5 cm³/mol. The van der Waals surface area contributed by atoms with E-state index in [0.717, 1.165) is 11.8 Å². The lowest BCUT2D eigenvalue weighted by atomic mass is 9.63. The Morgan fingerprint density at radius 1 is 0.857 bits per heavy atom. The van der Waals surface area contributed by atoms with E-state index in [0.29, 0.717) is 10.8 Å². The predicted octanol–water partition coefficient (Wildman–Crippen LogP) is 5.13. The summed E-state index contributed by atoms with van der Waals surface area (Å²) in [6.07, 6.45) is 2.67. The summed E-state index contributed by atoms with van der Waals surface area (Å²) in [6, 6.07) is 0. The van der Waals surface area contributed by atoms with Gasteiger partial charge in [-0.1, -0.05) is 61.8 Å². The molecule has 0 bridgehead atoms. The van der Waals surface area contributed by atoms with E-state index in [2.05, 4.69) is 55.4 Å². The van der Waals surface area contributed by atoms with Gasteiger partial charge >= 0.3 is 0 Å². The lowest BCUT2D eigenvalue weighted by molar-refractivity contribution is 0.0768. The zero-order valence-electron chi connectivity index (χ0n) is 11.6. The maximum Gasteiger partial charge on any atom is -0.0314 e. The molecule has 0 saturated heterocycles. The van der Waals surface area contributed by atoms with Crippen molar-refractivity contribution in [1.29, 1.82) is 0 Å². The standard InChI is InChI=1S/C14H30/c1-9-11(2)10-12(13(3,4)5)14(6,7)8/h11-12H,9-10H2,1-8H3. The van der Waals surface area contributed by atoms with Crippen LogP contribution in [0.4, 0.5) is 0 Å². The molecule has 1 atom stereocenters. The van der Waals surface area contributed by atoms with E-state index in [-0.39, 0.29) is 0 Å². The van der Waals surface area contributed by atoms with Crippen molar-refractivity contribution < 1.29 is 0 Å². The average Bonchev–Trinajstić information content (AvgIpc) is 1.95. The molecule has 0 rings (SSSR count). The molecule has 0 spiro atoms. The van der Waals surface area contributed by atoms with Crippen LogP contribution in [-0.2, 0) is 0 Å². The summed E-state index contributed by atoms with van der Waals surface area (Å²) in [6.45, 7) is 19.0. The fraction of sp³-hybridized carbons (Fsp3) is 1.00. The van der Waals surface area contributed by atoms with Gasteiger partial charge in [-0.05, 0) is 29.1 Å². The number of hydrogen-bond acceptors (Lipinski definition) is 0. The zero-order chi connectivity index (χ0) is 11.6. The smallest absolute Gasteiger partial charge is 0.0314 e. The molecular formula is C14H30. The normalized spacial score (nSPS) is 16.1. The number of rotatable bonds is 3. The summed E-state index contributed by atoms with van der Waals surface area (Å²) in [5, 5.41) is 0. The molecular weight excluding hydrogens is 168 g/mol. The highest BCUT2D eigenvalue weighted by Gasteiger charge is 2.35. The highest BCUT2D eigenvalue weighted by atomic mass is 14.4. The van der Waals surface area contributed by atoms with Gasteiger partial charge in [0.15, 0.2) is 0 Å². The van der Waals surface area contributed by atoms with Crippen molar-refractivity contribution in [2.45, 2.75) is 68.2 Å². The van der Waals surface area contributed by atoms with Gasteiger partial charge in [0.05, 0.1) is 0 Å². The van der Waals surface area contributed by atoms with Crippen LogP contribution in [0, 0.1) is 22.7 Å². The fourth-order valence-corrected chi connectivity index (χ4v) is 2.58. The minimum absolute atomic E-state index is 0.432. The minimum atomic E-state index is 0.432.